The molecule has 0 N–H and O–H groups in total. The van der Waals surface area contributed by atoms with Crippen molar-refractivity contribution >= 4 is 21.8 Å². The third-order valence-electron chi connectivity index (χ3n) is 5.84. The second-order valence-corrected chi connectivity index (χ2v) is 18.1. The predicted molar refractivity (Wildman–Crippen MR) is 102 cm³/mol. The summed E-state index contributed by atoms with van der Waals surface area (Å²) in [7, 11) is -3.21. The summed E-state index contributed by atoms with van der Waals surface area (Å²) >= 11 is 0. The SMILES string of the molecule is CC[Si](CC)(CC)OCc1cc(C)oc1[Si](C)(C)C(C)(C)C. The Bertz CT molecular complexity index is 472. The molecule has 0 saturated carbocycles. The van der Waals surface area contributed by atoms with Crippen molar-refractivity contribution in [2.45, 2.75) is 91.3 Å². The largest absolute Gasteiger partial charge is 0.471 e. The molecule has 0 bridgehead atoms. The van der Waals surface area contributed by atoms with E-state index in [2.05, 4.69) is 67.6 Å². The minimum Gasteiger partial charge on any atom is -0.471 e. The molecule has 0 fully saturated rings. The fourth-order valence-electron chi connectivity index (χ4n) is 2.83. The Balaban J connectivity index is 3.08. The van der Waals surface area contributed by atoms with Crippen LogP contribution in [0.4, 0.5) is 0 Å². The van der Waals surface area contributed by atoms with Gasteiger partial charge in [0.1, 0.15) is 13.8 Å². The van der Waals surface area contributed by atoms with Crippen molar-refractivity contribution in [3.8, 4) is 0 Å². The van der Waals surface area contributed by atoms with E-state index in [1.165, 1.54) is 29.1 Å². The van der Waals surface area contributed by atoms with Gasteiger partial charge >= 0.3 is 0 Å². The number of furan rings is 1. The van der Waals surface area contributed by atoms with Gasteiger partial charge in [-0.3, -0.25) is 0 Å². The van der Waals surface area contributed by atoms with Crippen LogP contribution in [0.15, 0.2) is 10.5 Å². The van der Waals surface area contributed by atoms with E-state index in [9.17, 15) is 0 Å². The highest BCUT2D eigenvalue weighted by atomic mass is 28.4. The lowest BCUT2D eigenvalue weighted by atomic mass is 10.2. The first-order chi connectivity index (χ1) is 10.0. The summed E-state index contributed by atoms with van der Waals surface area (Å²) in [4.78, 5) is 0. The van der Waals surface area contributed by atoms with E-state index in [0.717, 1.165) is 12.4 Å². The predicted octanol–water partition coefficient (Wildman–Crippen LogP) is 5.83. The molecule has 0 radical (unpaired) electrons. The molecule has 0 aliphatic heterocycles. The van der Waals surface area contributed by atoms with Crippen LogP contribution in [0, 0.1) is 6.92 Å². The summed E-state index contributed by atoms with van der Waals surface area (Å²) in [6.07, 6.45) is 0. The fourth-order valence-corrected chi connectivity index (χ4v) is 7.45. The Labute approximate surface area is 139 Å². The van der Waals surface area contributed by atoms with E-state index in [4.69, 9.17) is 8.84 Å². The van der Waals surface area contributed by atoms with E-state index >= 15 is 0 Å². The number of aryl methyl sites for hydroxylation is 1. The monoisotopic (exact) mass is 340 g/mol. The molecule has 0 aliphatic carbocycles. The van der Waals surface area contributed by atoms with Crippen molar-refractivity contribution < 1.29 is 8.84 Å². The lowest BCUT2D eigenvalue weighted by molar-refractivity contribution is 0.287. The molecule has 0 atom stereocenters. The van der Waals surface area contributed by atoms with Crippen molar-refractivity contribution in [3.63, 3.8) is 0 Å². The van der Waals surface area contributed by atoms with Crippen LogP contribution in [-0.4, -0.2) is 16.4 Å². The van der Waals surface area contributed by atoms with Crippen LogP contribution in [0.3, 0.4) is 0 Å². The van der Waals surface area contributed by atoms with Gasteiger partial charge in [-0.1, -0.05) is 54.6 Å². The average Bonchev–Trinajstić information content (AvgIpc) is 2.81. The maximum Gasteiger partial charge on any atom is 0.192 e. The second kappa shape index (κ2) is 7.06. The van der Waals surface area contributed by atoms with Gasteiger partial charge in [0.05, 0.1) is 12.0 Å². The quantitative estimate of drug-likeness (QED) is 0.583. The summed E-state index contributed by atoms with van der Waals surface area (Å²) in [5, 5.41) is 1.52. The smallest absolute Gasteiger partial charge is 0.192 e. The molecule has 0 aliphatic rings. The third-order valence-corrected chi connectivity index (χ3v) is 15.8. The topological polar surface area (TPSA) is 22.4 Å². The second-order valence-electron chi connectivity index (χ2n) is 8.12. The van der Waals surface area contributed by atoms with Crippen LogP contribution in [0.25, 0.3) is 0 Å². The Morgan fingerprint density at radius 2 is 1.55 bits per heavy atom. The van der Waals surface area contributed by atoms with Crippen LogP contribution in [0.5, 0.6) is 0 Å². The van der Waals surface area contributed by atoms with Gasteiger partial charge in [-0.15, -0.1) is 0 Å². The van der Waals surface area contributed by atoms with Crippen LogP contribution in [0.2, 0.25) is 36.3 Å². The van der Waals surface area contributed by atoms with Crippen LogP contribution in [0.1, 0.15) is 52.9 Å². The first-order valence-corrected chi connectivity index (χ1v) is 14.3. The summed E-state index contributed by atoms with van der Waals surface area (Å²) in [6.45, 7) is 21.5. The van der Waals surface area contributed by atoms with Crippen molar-refractivity contribution in [2.75, 3.05) is 0 Å². The summed E-state index contributed by atoms with van der Waals surface area (Å²) in [5.74, 6) is 1.02. The zero-order valence-electron chi connectivity index (χ0n) is 16.2. The zero-order chi connectivity index (χ0) is 17.2. The molecule has 2 nitrogen and oxygen atoms in total. The van der Waals surface area contributed by atoms with Crippen molar-refractivity contribution in [1.29, 1.82) is 0 Å². The summed E-state index contributed by atoms with van der Waals surface area (Å²) in [5.41, 5.74) is 1.30. The summed E-state index contributed by atoms with van der Waals surface area (Å²) in [6, 6.07) is 5.81. The molecule has 0 amide bonds. The molecular weight excluding hydrogens is 304 g/mol. The molecular formula is C18H36O2Si2. The first kappa shape index (κ1) is 19.7. The van der Waals surface area contributed by atoms with Crippen molar-refractivity contribution in [1.82, 2.24) is 0 Å². The number of hydrogen-bond donors (Lipinski definition) is 0. The Hall–Kier alpha value is -0.326. The van der Waals surface area contributed by atoms with Gasteiger partial charge in [0.15, 0.2) is 8.32 Å². The van der Waals surface area contributed by atoms with E-state index in [1.807, 2.05) is 0 Å². The van der Waals surface area contributed by atoms with Gasteiger partial charge in [0, 0.05) is 5.56 Å². The normalized spacial score (nSPS) is 13.7. The lowest BCUT2D eigenvalue weighted by Crippen LogP contribution is -2.50. The van der Waals surface area contributed by atoms with E-state index in [0.29, 0.717) is 0 Å². The van der Waals surface area contributed by atoms with Gasteiger partial charge in [0.25, 0.3) is 0 Å². The molecule has 128 valence electrons. The van der Waals surface area contributed by atoms with Gasteiger partial charge in [-0.25, -0.2) is 0 Å². The highest BCUT2D eigenvalue weighted by Gasteiger charge is 2.42. The summed E-state index contributed by atoms with van der Waals surface area (Å²) < 4.78 is 12.7. The molecule has 1 heterocycles. The third kappa shape index (κ3) is 3.95. The molecule has 4 heteroatoms. The van der Waals surface area contributed by atoms with Gasteiger partial charge in [0.2, 0.25) is 0 Å². The maximum absolute atomic E-state index is 6.53. The van der Waals surface area contributed by atoms with Crippen LogP contribution >= 0.6 is 0 Å². The molecule has 22 heavy (non-hydrogen) atoms. The van der Waals surface area contributed by atoms with E-state index in [-0.39, 0.29) is 5.04 Å². The Morgan fingerprint density at radius 3 is 1.95 bits per heavy atom. The maximum atomic E-state index is 6.53. The lowest BCUT2D eigenvalue weighted by Gasteiger charge is -2.36. The first-order valence-electron chi connectivity index (χ1n) is 8.76. The Morgan fingerprint density at radius 1 is 1.05 bits per heavy atom. The minimum absolute atomic E-state index is 0.279. The van der Waals surface area contributed by atoms with Gasteiger partial charge < -0.3 is 8.84 Å². The van der Waals surface area contributed by atoms with Crippen molar-refractivity contribution in [3.05, 3.63) is 17.4 Å². The molecule has 1 aromatic heterocycles. The minimum atomic E-state index is -1.66. The molecule has 1 rings (SSSR count). The fraction of sp³-hybridized carbons (Fsp3) is 0.778. The zero-order valence-corrected chi connectivity index (χ0v) is 18.2. The molecule has 0 unspecified atom stereocenters. The molecule has 0 aromatic carbocycles. The molecule has 0 saturated heterocycles. The highest BCUT2D eigenvalue weighted by molar-refractivity contribution is 6.91. The van der Waals surface area contributed by atoms with Crippen LogP contribution in [-0.2, 0) is 11.0 Å². The van der Waals surface area contributed by atoms with Gasteiger partial charge in [-0.2, -0.15) is 0 Å². The number of hydrogen-bond acceptors (Lipinski definition) is 2. The average molecular weight is 341 g/mol. The van der Waals surface area contributed by atoms with Crippen LogP contribution < -0.4 is 5.38 Å². The van der Waals surface area contributed by atoms with E-state index in [1.54, 1.807) is 0 Å². The Kier molecular flexibility index (Phi) is 6.33. The standard InChI is InChI=1S/C18H36O2Si2/c1-10-22(11-2,12-3)19-14-16-13-15(4)20-17(16)21(8,9)18(5,6)7/h13H,10-12,14H2,1-9H3. The number of rotatable bonds is 7. The molecule has 0 spiro atoms. The van der Waals surface area contributed by atoms with Crippen molar-refractivity contribution in [2.24, 2.45) is 0 Å². The highest BCUT2D eigenvalue weighted by Crippen LogP contribution is 2.37. The van der Waals surface area contributed by atoms with E-state index < -0.39 is 16.4 Å². The molecule has 1 aromatic rings. The van der Waals surface area contributed by atoms with Gasteiger partial charge in [-0.05, 0) is 36.2 Å².